The van der Waals surface area contributed by atoms with E-state index < -0.39 is 0 Å². The Morgan fingerprint density at radius 2 is 1.58 bits per heavy atom. The Balaban J connectivity index is 2.09. The third-order valence-electron chi connectivity index (χ3n) is 5.27. The molecule has 0 aliphatic heterocycles. The second-order valence-corrected chi connectivity index (χ2v) is 6.77. The van der Waals surface area contributed by atoms with E-state index in [9.17, 15) is 9.59 Å². The minimum absolute atomic E-state index is 0.00195. The number of nitrogens with zero attached hydrogens (tertiary/aromatic N) is 1. The first-order valence-corrected chi connectivity index (χ1v) is 8.53. The molecular weight excluding hydrogens is 324 g/mol. The van der Waals surface area contributed by atoms with Gasteiger partial charge in [-0.2, -0.15) is 0 Å². The van der Waals surface area contributed by atoms with Crippen molar-refractivity contribution < 1.29 is 0 Å². The van der Waals surface area contributed by atoms with Gasteiger partial charge in [0.2, 0.25) is 0 Å². The van der Waals surface area contributed by atoms with Gasteiger partial charge in [0.25, 0.3) is 0 Å². The molecule has 0 saturated carbocycles. The number of aromatic amines is 1. The Labute approximate surface area is 148 Å². The second-order valence-electron chi connectivity index (χ2n) is 6.77. The van der Waals surface area contributed by atoms with E-state index in [4.69, 9.17) is 0 Å². The molecule has 0 amide bonds. The lowest BCUT2D eigenvalue weighted by Crippen LogP contribution is -2.12. The predicted octanol–water partition coefficient (Wildman–Crippen LogP) is 3.99. The van der Waals surface area contributed by atoms with Crippen LogP contribution in [0, 0.1) is 6.92 Å². The van der Waals surface area contributed by atoms with E-state index in [0.29, 0.717) is 21.7 Å². The summed E-state index contributed by atoms with van der Waals surface area (Å²) >= 11 is 0. The molecule has 0 saturated heterocycles. The summed E-state index contributed by atoms with van der Waals surface area (Å²) in [5, 5.41) is 2.59. The van der Waals surface area contributed by atoms with Crippen molar-refractivity contribution in [1.82, 2.24) is 9.55 Å². The summed E-state index contributed by atoms with van der Waals surface area (Å²) in [4.78, 5) is 29.4. The molecule has 5 rings (SSSR count). The molecule has 1 N–H and O–H groups in total. The summed E-state index contributed by atoms with van der Waals surface area (Å²) in [5.41, 5.74) is 4.04. The van der Waals surface area contributed by atoms with Crippen molar-refractivity contribution in [2.24, 2.45) is 7.05 Å². The van der Waals surface area contributed by atoms with Crippen LogP contribution >= 0.6 is 0 Å². The molecule has 26 heavy (non-hydrogen) atoms. The molecule has 0 spiro atoms. The topological polar surface area (TPSA) is 54.9 Å². The molecule has 0 aliphatic rings. The van der Waals surface area contributed by atoms with E-state index in [2.05, 4.69) is 4.98 Å². The van der Waals surface area contributed by atoms with E-state index in [1.807, 2.05) is 73.1 Å². The molecular formula is C22H16N2O2. The van der Waals surface area contributed by atoms with Gasteiger partial charge in [-0.1, -0.05) is 24.3 Å². The molecule has 0 radical (unpaired) electrons. The molecule has 0 bridgehead atoms. The van der Waals surface area contributed by atoms with Crippen molar-refractivity contribution in [3.8, 4) is 0 Å². The smallest absolute Gasteiger partial charge is 0.197 e. The van der Waals surface area contributed by atoms with Crippen molar-refractivity contribution in [3.05, 3.63) is 80.6 Å². The van der Waals surface area contributed by atoms with Gasteiger partial charge in [-0.3, -0.25) is 9.59 Å². The molecule has 4 heteroatoms. The second kappa shape index (κ2) is 5.05. The number of rotatable bonds is 0. The van der Waals surface area contributed by atoms with Gasteiger partial charge in [-0.05, 0) is 42.8 Å². The van der Waals surface area contributed by atoms with Crippen LogP contribution in [0.15, 0.2) is 64.2 Å². The Bertz CT molecular complexity index is 1490. The summed E-state index contributed by atoms with van der Waals surface area (Å²) < 4.78 is 1.99. The van der Waals surface area contributed by atoms with Crippen LogP contribution in [0.5, 0.6) is 0 Å². The highest BCUT2D eigenvalue weighted by Crippen LogP contribution is 2.24. The van der Waals surface area contributed by atoms with Crippen molar-refractivity contribution in [3.63, 3.8) is 0 Å². The number of hydrogen-bond acceptors (Lipinski definition) is 2. The van der Waals surface area contributed by atoms with E-state index in [1.54, 1.807) is 0 Å². The summed E-state index contributed by atoms with van der Waals surface area (Å²) in [6, 6.07) is 16.9. The predicted molar refractivity (Wildman–Crippen MR) is 107 cm³/mol. The van der Waals surface area contributed by atoms with Crippen molar-refractivity contribution >= 4 is 43.6 Å². The zero-order valence-electron chi connectivity index (χ0n) is 14.5. The number of para-hydroxylation sites is 1. The van der Waals surface area contributed by atoms with Crippen LogP contribution in [-0.2, 0) is 7.05 Å². The summed E-state index contributed by atoms with van der Waals surface area (Å²) in [6.45, 7) is 1.95. The highest BCUT2D eigenvalue weighted by atomic mass is 16.1. The maximum absolute atomic E-state index is 13.1. The molecule has 4 nitrogen and oxygen atoms in total. The Morgan fingerprint density at radius 1 is 0.769 bits per heavy atom. The van der Waals surface area contributed by atoms with Gasteiger partial charge in [0.15, 0.2) is 10.9 Å². The number of aromatic nitrogens is 2. The fraction of sp³-hybridized carbons (Fsp3) is 0.0909. The normalized spacial score (nSPS) is 11.8. The SMILES string of the molecule is Cc1cccc2c1c(=O)c1cc3[nH]c4ccccc4c(=O)c3cc1n2C. The number of fused-ring (bicyclic) bond motifs is 4. The first-order chi connectivity index (χ1) is 12.6. The van der Waals surface area contributed by atoms with Crippen LogP contribution in [0.1, 0.15) is 5.56 Å². The number of aryl methyl sites for hydroxylation is 2. The summed E-state index contributed by atoms with van der Waals surface area (Å²) in [5.74, 6) is 0. The highest BCUT2D eigenvalue weighted by Gasteiger charge is 2.13. The van der Waals surface area contributed by atoms with E-state index in [-0.39, 0.29) is 10.9 Å². The van der Waals surface area contributed by atoms with Crippen molar-refractivity contribution in [2.45, 2.75) is 6.92 Å². The van der Waals surface area contributed by atoms with E-state index in [0.717, 1.165) is 27.5 Å². The maximum atomic E-state index is 13.1. The number of H-pyrrole nitrogens is 1. The molecule has 0 unspecified atom stereocenters. The van der Waals surface area contributed by atoms with Crippen LogP contribution < -0.4 is 10.9 Å². The van der Waals surface area contributed by atoms with Gasteiger partial charge in [0, 0.05) is 34.1 Å². The third-order valence-corrected chi connectivity index (χ3v) is 5.27. The first kappa shape index (κ1) is 14.9. The van der Waals surface area contributed by atoms with Crippen LogP contribution in [0.2, 0.25) is 0 Å². The Kier molecular flexibility index (Phi) is 2.89. The molecule has 3 aromatic carbocycles. The first-order valence-electron chi connectivity index (χ1n) is 8.53. The minimum atomic E-state index is -0.0203. The van der Waals surface area contributed by atoms with E-state index >= 15 is 0 Å². The lowest BCUT2D eigenvalue weighted by atomic mass is 10.0. The number of nitrogens with one attached hydrogen (secondary N) is 1. The van der Waals surface area contributed by atoms with Gasteiger partial charge in [-0.15, -0.1) is 0 Å². The van der Waals surface area contributed by atoms with Gasteiger partial charge < -0.3 is 9.55 Å². The van der Waals surface area contributed by atoms with Crippen LogP contribution in [0.4, 0.5) is 0 Å². The quantitative estimate of drug-likeness (QED) is 0.433. The third kappa shape index (κ3) is 1.84. The summed E-state index contributed by atoms with van der Waals surface area (Å²) in [6.07, 6.45) is 0. The molecule has 0 aliphatic carbocycles. The van der Waals surface area contributed by atoms with Gasteiger partial charge in [0.1, 0.15) is 0 Å². The fourth-order valence-electron chi connectivity index (χ4n) is 3.91. The average Bonchev–Trinajstić information content (AvgIpc) is 2.65. The Hall–Kier alpha value is -3.40. The minimum Gasteiger partial charge on any atom is -0.354 e. The number of pyridine rings is 2. The molecule has 0 atom stereocenters. The number of benzene rings is 3. The molecule has 2 aromatic heterocycles. The lowest BCUT2D eigenvalue weighted by Gasteiger charge is -2.13. The largest absolute Gasteiger partial charge is 0.354 e. The molecule has 126 valence electrons. The van der Waals surface area contributed by atoms with Crippen LogP contribution in [-0.4, -0.2) is 9.55 Å². The highest BCUT2D eigenvalue weighted by molar-refractivity contribution is 6.03. The zero-order chi connectivity index (χ0) is 18.0. The Morgan fingerprint density at radius 3 is 2.42 bits per heavy atom. The van der Waals surface area contributed by atoms with Crippen LogP contribution in [0.25, 0.3) is 43.6 Å². The zero-order valence-corrected chi connectivity index (χ0v) is 14.5. The molecule has 5 aromatic rings. The monoisotopic (exact) mass is 340 g/mol. The van der Waals surface area contributed by atoms with E-state index in [1.165, 1.54) is 0 Å². The van der Waals surface area contributed by atoms with Gasteiger partial charge in [-0.25, -0.2) is 0 Å². The van der Waals surface area contributed by atoms with Gasteiger partial charge >= 0.3 is 0 Å². The molecule has 0 fully saturated rings. The number of hydrogen-bond donors (Lipinski definition) is 1. The van der Waals surface area contributed by atoms with Crippen LogP contribution in [0.3, 0.4) is 0 Å². The average molecular weight is 340 g/mol. The van der Waals surface area contributed by atoms with Gasteiger partial charge in [0.05, 0.1) is 16.6 Å². The maximum Gasteiger partial charge on any atom is 0.197 e. The standard InChI is InChI=1S/C22H16N2O2/c1-12-6-5-9-18-20(12)22(26)15-10-17-14(11-19(15)24(18)2)21(25)13-7-3-4-8-16(13)23-17/h3-11H,1-2H3,(H,23,25). The van der Waals surface area contributed by atoms with Crippen molar-refractivity contribution in [1.29, 1.82) is 0 Å². The lowest BCUT2D eigenvalue weighted by molar-refractivity contribution is 1.00. The summed E-state index contributed by atoms with van der Waals surface area (Å²) in [7, 11) is 1.94. The fourth-order valence-corrected chi connectivity index (χ4v) is 3.91. The molecule has 2 heterocycles. The van der Waals surface area contributed by atoms with Crippen molar-refractivity contribution in [2.75, 3.05) is 0 Å².